The SMILES string of the molecule is C/C(C=O)=C1\CC(C)(C)O[Si]1(c1ccccc1)c1ccccc1.CC#CCC(C)(C)O[SiH](c1ccccc1)c1ccccc1. The molecule has 0 bridgehead atoms. The van der Waals surface area contributed by atoms with Crippen LogP contribution in [0.25, 0.3) is 0 Å². The number of benzene rings is 4. The minimum Gasteiger partial charge on any atom is -0.405 e. The van der Waals surface area contributed by atoms with Gasteiger partial charge in [0.25, 0.3) is 8.32 Å². The van der Waals surface area contributed by atoms with E-state index in [2.05, 4.69) is 137 Å². The highest BCUT2D eigenvalue weighted by molar-refractivity contribution is 7.03. The van der Waals surface area contributed by atoms with Crippen molar-refractivity contribution in [2.24, 2.45) is 0 Å². The molecule has 1 heterocycles. The van der Waals surface area contributed by atoms with Crippen LogP contribution in [0.1, 0.15) is 54.4 Å². The molecule has 1 aliphatic heterocycles. The third-order valence-electron chi connectivity index (χ3n) is 7.80. The van der Waals surface area contributed by atoms with Gasteiger partial charge in [0.2, 0.25) is 9.04 Å². The van der Waals surface area contributed by atoms with Gasteiger partial charge < -0.3 is 8.85 Å². The summed E-state index contributed by atoms with van der Waals surface area (Å²) >= 11 is 0. The molecule has 4 aromatic carbocycles. The number of carbonyl (C=O) groups excluding carboxylic acids is 1. The molecule has 0 spiro atoms. The fourth-order valence-electron chi connectivity index (χ4n) is 5.78. The number of aldehydes is 1. The lowest BCUT2D eigenvalue weighted by molar-refractivity contribution is -0.104. The molecule has 1 fully saturated rings. The predicted octanol–water partition coefficient (Wildman–Crippen LogP) is 5.73. The standard InChI is InChI=1S/C20H22O2Si.C19H22OSi/c1-16(15-21)19-14-20(2,3)22-23(19,17-10-6-4-7-11-17)18-12-8-5-9-13-18;1-4-5-16-19(2,3)20-21(17-12-8-6-9-13-17)18-14-10-7-11-15-18/h4-13,15H,14H2,1-3H3;6-15,21H,16H2,1-3H3/b19-16-;. The third kappa shape index (κ3) is 8.02. The van der Waals surface area contributed by atoms with E-state index in [0.717, 1.165) is 24.7 Å². The summed E-state index contributed by atoms with van der Waals surface area (Å²) in [6.45, 7) is 12.3. The summed E-state index contributed by atoms with van der Waals surface area (Å²) in [5.74, 6) is 6.11. The molecule has 0 aromatic heterocycles. The first kappa shape index (κ1) is 33.1. The van der Waals surface area contributed by atoms with Crippen LogP contribution in [0.2, 0.25) is 0 Å². The molecular formula is C39H44O3Si2. The van der Waals surface area contributed by atoms with Crippen LogP contribution >= 0.6 is 0 Å². The third-order valence-corrected chi connectivity index (χ3v) is 15.2. The second kappa shape index (κ2) is 14.8. The lowest BCUT2D eigenvalue weighted by atomic mass is 10.0. The van der Waals surface area contributed by atoms with E-state index < -0.39 is 17.4 Å². The Bertz CT molecular complexity index is 1510. The maximum Gasteiger partial charge on any atom is 0.285 e. The Kier molecular flexibility index (Phi) is 11.1. The number of carbonyl (C=O) groups is 1. The highest BCUT2D eigenvalue weighted by atomic mass is 28.4. The lowest BCUT2D eigenvalue weighted by Crippen LogP contribution is -2.61. The molecule has 0 saturated carbocycles. The molecule has 0 radical (unpaired) electrons. The van der Waals surface area contributed by atoms with E-state index >= 15 is 0 Å². The molecule has 4 aromatic rings. The summed E-state index contributed by atoms with van der Waals surface area (Å²) in [5.41, 5.74) is 0.318. The number of hydrogen-bond acceptors (Lipinski definition) is 3. The Labute approximate surface area is 266 Å². The minimum atomic E-state index is -2.59. The number of hydrogen-bond donors (Lipinski definition) is 0. The van der Waals surface area contributed by atoms with Crippen molar-refractivity contribution in [3.05, 3.63) is 132 Å². The van der Waals surface area contributed by atoms with Crippen LogP contribution in [0.4, 0.5) is 0 Å². The van der Waals surface area contributed by atoms with E-state index in [1.165, 1.54) is 25.9 Å². The molecule has 0 unspecified atom stereocenters. The van der Waals surface area contributed by atoms with Gasteiger partial charge in [-0.3, -0.25) is 4.79 Å². The Morgan fingerprint density at radius 3 is 1.68 bits per heavy atom. The van der Waals surface area contributed by atoms with Crippen LogP contribution in [0, 0.1) is 11.8 Å². The fraction of sp³-hybridized carbons (Fsp3) is 0.256. The van der Waals surface area contributed by atoms with Crippen molar-refractivity contribution < 1.29 is 13.6 Å². The van der Waals surface area contributed by atoms with Gasteiger partial charge in [0.05, 0.1) is 11.2 Å². The molecule has 44 heavy (non-hydrogen) atoms. The minimum absolute atomic E-state index is 0.231. The zero-order valence-corrected chi connectivity index (χ0v) is 29.0. The molecule has 0 N–H and O–H groups in total. The molecule has 5 rings (SSSR count). The molecule has 0 aliphatic carbocycles. The Balaban J connectivity index is 0.000000202. The van der Waals surface area contributed by atoms with Gasteiger partial charge in [-0.15, -0.1) is 11.8 Å². The maximum atomic E-state index is 11.6. The predicted molar refractivity (Wildman–Crippen MR) is 189 cm³/mol. The quantitative estimate of drug-likeness (QED) is 0.110. The second-order valence-electron chi connectivity index (χ2n) is 12.4. The zero-order valence-electron chi connectivity index (χ0n) is 26.8. The molecule has 3 nitrogen and oxygen atoms in total. The van der Waals surface area contributed by atoms with Crippen LogP contribution < -0.4 is 20.7 Å². The van der Waals surface area contributed by atoms with Gasteiger partial charge in [0.1, 0.15) is 6.29 Å². The molecule has 1 aliphatic rings. The van der Waals surface area contributed by atoms with Crippen molar-refractivity contribution in [2.75, 3.05) is 0 Å². The van der Waals surface area contributed by atoms with E-state index in [1.54, 1.807) is 0 Å². The van der Waals surface area contributed by atoms with Gasteiger partial charge in [0.15, 0.2) is 0 Å². The summed E-state index contributed by atoms with van der Waals surface area (Å²) < 4.78 is 13.3. The van der Waals surface area contributed by atoms with Crippen molar-refractivity contribution in [2.45, 2.75) is 65.6 Å². The normalized spacial score (nSPS) is 16.2. The highest BCUT2D eigenvalue weighted by Crippen LogP contribution is 2.40. The summed E-state index contributed by atoms with van der Waals surface area (Å²) in [4.78, 5) is 11.6. The van der Waals surface area contributed by atoms with Gasteiger partial charge >= 0.3 is 0 Å². The average Bonchev–Trinajstić information content (AvgIpc) is 3.36. The zero-order chi connectivity index (χ0) is 31.6. The van der Waals surface area contributed by atoms with Crippen LogP contribution in [-0.2, 0) is 13.6 Å². The highest BCUT2D eigenvalue weighted by Gasteiger charge is 2.54. The van der Waals surface area contributed by atoms with Gasteiger partial charge in [-0.25, -0.2) is 0 Å². The van der Waals surface area contributed by atoms with Crippen molar-refractivity contribution >= 4 is 44.4 Å². The van der Waals surface area contributed by atoms with E-state index in [0.29, 0.717) is 0 Å². The van der Waals surface area contributed by atoms with Crippen LogP contribution in [0.5, 0.6) is 0 Å². The summed E-state index contributed by atoms with van der Waals surface area (Å²) in [7, 11) is -4.27. The van der Waals surface area contributed by atoms with Crippen LogP contribution in [-0.4, -0.2) is 34.8 Å². The smallest absolute Gasteiger partial charge is 0.285 e. The Hall–Kier alpha value is -3.80. The molecule has 0 atom stereocenters. The van der Waals surface area contributed by atoms with Gasteiger partial charge in [-0.2, -0.15) is 0 Å². The topological polar surface area (TPSA) is 35.5 Å². The lowest BCUT2D eigenvalue weighted by Gasteiger charge is -2.31. The average molecular weight is 617 g/mol. The van der Waals surface area contributed by atoms with E-state index in [4.69, 9.17) is 8.85 Å². The molecule has 226 valence electrons. The van der Waals surface area contributed by atoms with Crippen molar-refractivity contribution in [3.63, 3.8) is 0 Å². The van der Waals surface area contributed by atoms with Crippen LogP contribution in [0.15, 0.2) is 132 Å². The van der Waals surface area contributed by atoms with Gasteiger partial charge in [-0.1, -0.05) is 121 Å². The number of allylic oxidation sites excluding steroid dienone is 1. The first-order valence-corrected chi connectivity index (χ1v) is 18.8. The maximum absolute atomic E-state index is 11.6. The Morgan fingerprint density at radius 1 is 0.841 bits per heavy atom. The summed E-state index contributed by atoms with van der Waals surface area (Å²) in [6.07, 6.45) is 2.54. The largest absolute Gasteiger partial charge is 0.405 e. The summed E-state index contributed by atoms with van der Waals surface area (Å²) in [5, 5.41) is 6.21. The monoisotopic (exact) mass is 616 g/mol. The van der Waals surface area contributed by atoms with Crippen molar-refractivity contribution in [1.82, 2.24) is 0 Å². The molecule has 1 saturated heterocycles. The molecule has 5 heteroatoms. The van der Waals surface area contributed by atoms with Gasteiger partial charge in [0, 0.05) is 6.42 Å². The first-order chi connectivity index (χ1) is 21.1. The molecular weight excluding hydrogens is 573 g/mol. The van der Waals surface area contributed by atoms with Crippen molar-refractivity contribution in [3.8, 4) is 11.8 Å². The first-order valence-electron chi connectivity index (χ1n) is 15.3. The molecule has 0 amide bonds. The van der Waals surface area contributed by atoms with E-state index in [-0.39, 0.29) is 11.2 Å². The second-order valence-corrected chi connectivity index (χ2v) is 18.1. The fourth-order valence-corrected chi connectivity index (χ4v) is 13.2. The van der Waals surface area contributed by atoms with E-state index in [1.807, 2.05) is 38.1 Å². The van der Waals surface area contributed by atoms with E-state index in [9.17, 15) is 4.79 Å². The van der Waals surface area contributed by atoms with Crippen LogP contribution in [0.3, 0.4) is 0 Å². The number of rotatable bonds is 8. The summed E-state index contributed by atoms with van der Waals surface area (Å²) in [6, 6.07) is 41.9. The Morgan fingerprint density at radius 2 is 1.27 bits per heavy atom. The van der Waals surface area contributed by atoms with Gasteiger partial charge in [-0.05, 0) is 79.5 Å². The van der Waals surface area contributed by atoms with Crippen molar-refractivity contribution in [1.29, 1.82) is 0 Å².